The molecule has 0 aromatic carbocycles. The summed E-state index contributed by atoms with van der Waals surface area (Å²) in [5, 5.41) is 0. The molecule has 5 nitrogen and oxygen atoms in total. The van der Waals surface area contributed by atoms with Gasteiger partial charge in [0.05, 0.1) is 17.9 Å². The Hall–Kier alpha value is -1.39. The van der Waals surface area contributed by atoms with Crippen LogP contribution in [0.1, 0.15) is 68.7 Å². The van der Waals surface area contributed by atoms with Gasteiger partial charge in [-0.1, -0.05) is 20.8 Å². The topological polar surface area (TPSA) is 69.7 Å². The third kappa shape index (κ3) is 6.16. The average molecular weight is 314 g/mol. The van der Waals surface area contributed by atoms with Crippen molar-refractivity contribution in [2.45, 2.75) is 80.4 Å². The SMILES string of the molecule is CC(C)OC(=O)C(C)(CC(=O)C(C)(C)C)OC(=O)C(C)(C)C. The number of hydrogen-bond acceptors (Lipinski definition) is 5. The second kappa shape index (κ2) is 6.80. The Bertz CT molecular complexity index is 407. The number of carbonyl (C=O) groups excluding carboxylic acids is 3. The summed E-state index contributed by atoms with van der Waals surface area (Å²) in [5.41, 5.74) is -3.02. The van der Waals surface area contributed by atoms with Gasteiger partial charge in [-0.15, -0.1) is 0 Å². The zero-order chi connectivity index (χ0) is 17.9. The van der Waals surface area contributed by atoms with Crippen molar-refractivity contribution in [2.24, 2.45) is 10.8 Å². The molecule has 0 amide bonds. The second-order valence-electron chi connectivity index (χ2n) is 8.17. The predicted octanol–water partition coefficient (Wildman–Crippen LogP) is 3.29. The van der Waals surface area contributed by atoms with Crippen LogP contribution in [0, 0.1) is 10.8 Å². The lowest BCUT2D eigenvalue weighted by atomic mass is 9.83. The molecule has 0 rings (SSSR count). The van der Waals surface area contributed by atoms with Crippen molar-refractivity contribution in [3.63, 3.8) is 0 Å². The van der Waals surface area contributed by atoms with Crippen molar-refractivity contribution >= 4 is 17.7 Å². The highest BCUT2D eigenvalue weighted by Gasteiger charge is 2.45. The van der Waals surface area contributed by atoms with Gasteiger partial charge in [0.2, 0.25) is 5.60 Å². The van der Waals surface area contributed by atoms with Gasteiger partial charge in [0.1, 0.15) is 5.78 Å². The zero-order valence-corrected chi connectivity index (χ0v) is 15.3. The molecular weight excluding hydrogens is 284 g/mol. The summed E-state index contributed by atoms with van der Waals surface area (Å²) in [6.45, 7) is 15.2. The maximum absolute atomic E-state index is 12.3. The minimum Gasteiger partial charge on any atom is -0.460 e. The molecule has 0 aromatic heterocycles. The van der Waals surface area contributed by atoms with E-state index in [0.717, 1.165) is 0 Å². The maximum Gasteiger partial charge on any atom is 0.351 e. The van der Waals surface area contributed by atoms with Gasteiger partial charge >= 0.3 is 11.9 Å². The smallest absolute Gasteiger partial charge is 0.351 e. The molecule has 128 valence electrons. The fourth-order valence-electron chi connectivity index (χ4n) is 1.42. The minimum absolute atomic E-state index is 0.169. The van der Waals surface area contributed by atoms with E-state index in [1.165, 1.54) is 6.92 Å². The van der Waals surface area contributed by atoms with Crippen LogP contribution in [-0.4, -0.2) is 29.4 Å². The number of ether oxygens (including phenoxy) is 2. The number of hydrogen-bond donors (Lipinski definition) is 0. The monoisotopic (exact) mass is 314 g/mol. The van der Waals surface area contributed by atoms with E-state index in [-0.39, 0.29) is 18.3 Å². The molecule has 0 radical (unpaired) electrons. The molecule has 0 bridgehead atoms. The molecule has 1 atom stereocenters. The Morgan fingerprint density at radius 1 is 0.818 bits per heavy atom. The molecule has 5 heteroatoms. The molecule has 0 spiro atoms. The summed E-state index contributed by atoms with van der Waals surface area (Å²) in [6, 6.07) is 0. The van der Waals surface area contributed by atoms with Crippen molar-refractivity contribution in [1.82, 2.24) is 0 Å². The van der Waals surface area contributed by atoms with E-state index in [9.17, 15) is 14.4 Å². The Balaban J connectivity index is 5.44. The summed E-state index contributed by atoms with van der Waals surface area (Å²) >= 11 is 0. The van der Waals surface area contributed by atoms with Crippen molar-refractivity contribution in [3.05, 3.63) is 0 Å². The predicted molar refractivity (Wildman–Crippen MR) is 84.3 cm³/mol. The van der Waals surface area contributed by atoms with Crippen molar-refractivity contribution in [3.8, 4) is 0 Å². The third-order valence-electron chi connectivity index (χ3n) is 3.04. The number of ketones is 1. The van der Waals surface area contributed by atoms with Gasteiger partial charge in [0, 0.05) is 5.41 Å². The molecule has 0 N–H and O–H groups in total. The van der Waals surface area contributed by atoms with Crippen LogP contribution in [0.15, 0.2) is 0 Å². The van der Waals surface area contributed by atoms with E-state index in [1.807, 2.05) is 0 Å². The summed E-state index contributed by atoms with van der Waals surface area (Å²) < 4.78 is 10.6. The maximum atomic E-state index is 12.3. The summed E-state index contributed by atoms with van der Waals surface area (Å²) in [4.78, 5) is 36.8. The lowest BCUT2D eigenvalue weighted by molar-refractivity contribution is -0.190. The van der Waals surface area contributed by atoms with Crippen molar-refractivity contribution in [2.75, 3.05) is 0 Å². The molecule has 0 aliphatic rings. The fourth-order valence-corrected chi connectivity index (χ4v) is 1.42. The van der Waals surface area contributed by atoms with Crippen LogP contribution in [-0.2, 0) is 23.9 Å². The van der Waals surface area contributed by atoms with E-state index in [0.29, 0.717) is 0 Å². The molecule has 0 heterocycles. The molecule has 22 heavy (non-hydrogen) atoms. The Labute approximate surface area is 133 Å². The molecule has 0 saturated carbocycles. The van der Waals surface area contributed by atoms with Gasteiger partial charge in [-0.05, 0) is 41.5 Å². The molecule has 1 unspecified atom stereocenters. The molecule has 0 aliphatic heterocycles. The minimum atomic E-state index is -1.61. The molecule has 0 aromatic rings. The van der Waals surface area contributed by atoms with E-state index < -0.39 is 28.4 Å². The highest BCUT2D eigenvalue weighted by molar-refractivity contribution is 5.93. The van der Waals surface area contributed by atoms with Crippen LogP contribution in [0.3, 0.4) is 0 Å². The first-order valence-corrected chi connectivity index (χ1v) is 7.57. The van der Waals surface area contributed by atoms with E-state index in [4.69, 9.17) is 9.47 Å². The van der Waals surface area contributed by atoms with Crippen molar-refractivity contribution in [1.29, 1.82) is 0 Å². The number of esters is 2. The van der Waals surface area contributed by atoms with E-state index in [2.05, 4.69) is 0 Å². The Morgan fingerprint density at radius 3 is 1.59 bits per heavy atom. The summed E-state index contributed by atoms with van der Waals surface area (Å²) in [5.74, 6) is -1.41. The van der Waals surface area contributed by atoms with Crippen LogP contribution in [0.4, 0.5) is 0 Å². The van der Waals surface area contributed by atoms with Crippen LogP contribution in [0.25, 0.3) is 0 Å². The first-order valence-electron chi connectivity index (χ1n) is 7.57. The van der Waals surface area contributed by atoms with Gasteiger partial charge in [0.25, 0.3) is 0 Å². The largest absolute Gasteiger partial charge is 0.460 e. The van der Waals surface area contributed by atoms with Gasteiger partial charge in [0.15, 0.2) is 0 Å². The number of rotatable bonds is 5. The highest BCUT2D eigenvalue weighted by atomic mass is 16.6. The number of Topliss-reactive ketones (excluding diaryl/α,β-unsaturated/α-hetero) is 1. The van der Waals surface area contributed by atoms with Gasteiger partial charge < -0.3 is 9.47 Å². The van der Waals surface area contributed by atoms with Gasteiger partial charge in [-0.3, -0.25) is 9.59 Å². The van der Waals surface area contributed by atoms with Crippen LogP contribution in [0.2, 0.25) is 0 Å². The Kier molecular flexibility index (Phi) is 6.37. The fraction of sp³-hybridized carbons (Fsp3) is 0.824. The van der Waals surface area contributed by atoms with E-state index in [1.54, 1.807) is 55.4 Å². The lowest BCUT2D eigenvalue weighted by Crippen LogP contribution is -2.47. The lowest BCUT2D eigenvalue weighted by Gasteiger charge is -2.32. The second-order valence-corrected chi connectivity index (χ2v) is 8.17. The first-order chi connectivity index (χ1) is 9.59. The van der Waals surface area contributed by atoms with Crippen LogP contribution in [0.5, 0.6) is 0 Å². The quantitative estimate of drug-likeness (QED) is 0.728. The van der Waals surface area contributed by atoms with Crippen LogP contribution < -0.4 is 0 Å². The molecule has 0 saturated heterocycles. The van der Waals surface area contributed by atoms with Gasteiger partial charge in [-0.25, -0.2) is 4.79 Å². The number of carbonyl (C=O) groups is 3. The molecule has 0 fully saturated rings. The van der Waals surface area contributed by atoms with Gasteiger partial charge in [-0.2, -0.15) is 0 Å². The molecule has 0 aliphatic carbocycles. The summed E-state index contributed by atoms with van der Waals surface area (Å²) in [6.07, 6.45) is -0.561. The van der Waals surface area contributed by atoms with Crippen LogP contribution >= 0.6 is 0 Å². The highest BCUT2D eigenvalue weighted by Crippen LogP contribution is 2.29. The van der Waals surface area contributed by atoms with E-state index >= 15 is 0 Å². The van der Waals surface area contributed by atoms with Crippen molar-refractivity contribution < 1.29 is 23.9 Å². The standard InChI is InChI=1S/C17H30O5/c1-11(2)21-14(20)17(9,10-12(18)15(3,4)5)22-13(19)16(6,7)8/h11H,10H2,1-9H3. The third-order valence-corrected chi connectivity index (χ3v) is 3.04. The summed E-state index contributed by atoms with van der Waals surface area (Å²) in [7, 11) is 0. The zero-order valence-electron chi connectivity index (χ0n) is 15.3. The first kappa shape index (κ1) is 20.6. The average Bonchev–Trinajstić information content (AvgIpc) is 2.24. The normalized spacial score (nSPS) is 15.2. The molecular formula is C17H30O5. The Morgan fingerprint density at radius 2 is 1.27 bits per heavy atom.